The van der Waals surface area contributed by atoms with Crippen LogP contribution in [0.2, 0.25) is 0 Å². The summed E-state index contributed by atoms with van der Waals surface area (Å²) in [5.74, 6) is -1.45. The summed E-state index contributed by atoms with van der Waals surface area (Å²) in [6.45, 7) is 1.12. The first-order valence-corrected chi connectivity index (χ1v) is 5.14. The number of esters is 1. The van der Waals surface area contributed by atoms with E-state index in [9.17, 15) is 19.5 Å². The van der Waals surface area contributed by atoms with Gasteiger partial charge in [-0.05, 0) is 6.92 Å². The van der Waals surface area contributed by atoms with Gasteiger partial charge in [-0.15, -0.1) is 0 Å². The van der Waals surface area contributed by atoms with Crippen molar-refractivity contribution in [1.29, 1.82) is 0 Å². The molecule has 1 rings (SSSR count). The summed E-state index contributed by atoms with van der Waals surface area (Å²) in [7, 11) is 2.56. The highest BCUT2D eigenvalue weighted by atomic mass is 16.5. The van der Waals surface area contributed by atoms with Gasteiger partial charge in [0.1, 0.15) is 0 Å². The van der Waals surface area contributed by atoms with E-state index in [4.69, 9.17) is 0 Å². The van der Waals surface area contributed by atoms with Gasteiger partial charge in [-0.25, -0.2) is 4.79 Å². The normalized spacial score (nSPS) is 23.8. The number of imide groups is 1. The molecule has 2 atom stereocenters. The van der Waals surface area contributed by atoms with Crippen molar-refractivity contribution < 1.29 is 24.2 Å². The highest BCUT2D eigenvalue weighted by molar-refractivity contribution is 6.05. The molecular formula is C10H16N2O5. The molecule has 0 aromatic heterocycles. The molecule has 0 aliphatic carbocycles. The zero-order valence-electron chi connectivity index (χ0n) is 10.0. The summed E-state index contributed by atoms with van der Waals surface area (Å²) in [4.78, 5) is 34.9. The number of methoxy groups -OCH3 is 1. The molecule has 1 saturated heterocycles. The summed E-state index contributed by atoms with van der Waals surface area (Å²) < 4.78 is 4.41. The first kappa shape index (κ1) is 13.6. The van der Waals surface area contributed by atoms with E-state index in [0.717, 1.165) is 12.0 Å². The summed E-state index contributed by atoms with van der Waals surface area (Å²) in [6.07, 6.45) is 0.0343. The van der Waals surface area contributed by atoms with Crippen molar-refractivity contribution in [3.63, 3.8) is 0 Å². The fourth-order valence-corrected chi connectivity index (χ4v) is 1.53. The number of amides is 2. The molecular weight excluding hydrogens is 228 g/mol. The Labute approximate surface area is 98.7 Å². The van der Waals surface area contributed by atoms with Gasteiger partial charge in [-0.3, -0.25) is 14.5 Å². The summed E-state index contributed by atoms with van der Waals surface area (Å²) in [5.41, 5.74) is -1.72. The molecule has 0 aromatic carbocycles. The lowest BCUT2D eigenvalue weighted by atomic mass is 10.1. The van der Waals surface area contributed by atoms with Gasteiger partial charge in [0.25, 0.3) is 0 Å². The second-order valence-corrected chi connectivity index (χ2v) is 4.19. The number of carbonyl (C=O) groups excluding carboxylic acids is 3. The van der Waals surface area contributed by atoms with Gasteiger partial charge < -0.3 is 15.2 Å². The van der Waals surface area contributed by atoms with Crippen molar-refractivity contribution in [3.8, 4) is 0 Å². The molecule has 2 N–H and O–H groups in total. The molecule has 0 aromatic rings. The Morgan fingerprint density at radius 2 is 2.24 bits per heavy atom. The third-order valence-corrected chi connectivity index (χ3v) is 2.70. The Morgan fingerprint density at radius 1 is 1.65 bits per heavy atom. The fraction of sp³-hybridized carbons (Fsp3) is 0.700. The van der Waals surface area contributed by atoms with Gasteiger partial charge in [-0.1, -0.05) is 0 Å². The third kappa shape index (κ3) is 2.80. The molecule has 0 radical (unpaired) electrons. The summed E-state index contributed by atoms with van der Waals surface area (Å²) in [6, 6.07) is -0.691. The maximum Gasteiger partial charge on any atom is 0.338 e. The SMILES string of the molecule is COC(=O)C(C)(O)CNC1CC(=O)N(C)C1=O. The predicted molar refractivity (Wildman–Crippen MR) is 56.8 cm³/mol. The van der Waals surface area contributed by atoms with Crippen molar-refractivity contribution in [2.24, 2.45) is 0 Å². The van der Waals surface area contributed by atoms with E-state index in [0.29, 0.717) is 0 Å². The monoisotopic (exact) mass is 244 g/mol. The van der Waals surface area contributed by atoms with Crippen LogP contribution in [0.1, 0.15) is 13.3 Å². The first-order valence-electron chi connectivity index (χ1n) is 5.14. The minimum absolute atomic E-state index is 0.0343. The minimum atomic E-state index is -1.72. The van der Waals surface area contributed by atoms with Crippen molar-refractivity contribution in [2.75, 3.05) is 20.7 Å². The van der Waals surface area contributed by atoms with Crippen molar-refractivity contribution in [3.05, 3.63) is 0 Å². The molecule has 0 spiro atoms. The number of ether oxygens (including phenoxy) is 1. The minimum Gasteiger partial charge on any atom is -0.467 e. The second-order valence-electron chi connectivity index (χ2n) is 4.19. The van der Waals surface area contributed by atoms with Crippen LogP contribution in [0, 0.1) is 0 Å². The molecule has 0 bridgehead atoms. The van der Waals surface area contributed by atoms with E-state index in [1.54, 1.807) is 0 Å². The number of likely N-dealkylation sites (N-methyl/N-ethyl adjacent to an activating group) is 1. The van der Waals surface area contributed by atoms with E-state index in [-0.39, 0.29) is 24.8 Å². The predicted octanol–water partition coefficient (Wildman–Crippen LogP) is -1.74. The van der Waals surface area contributed by atoms with Crippen LogP contribution in [0.25, 0.3) is 0 Å². The van der Waals surface area contributed by atoms with Gasteiger partial charge in [0, 0.05) is 13.6 Å². The number of hydrogen-bond acceptors (Lipinski definition) is 6. The van der Waals surface area contributed by atoms with Crippen molar-refractivity contribution >= 4 is 17.8 Å². The standard InChI is InChI=1S/C10H16N2O5/c1-10(16,9(15)17-3)5-11-6-4-7(13)12(2)8(6)14/h6,11,16H,4-5H2,1-3H3. The Balaban J connectivity index is 2.55. The highest BCUT2D eigenvalue weighted by Crippen LogP contribution is 2.12. The van der Waals surface area contributed by atoms with Crippen molar-refractivity contribution in [2.45, 2.75) is 25.0 Å². The largest absolute Gasteiger partial charge is 0.467 e. The topological polar surface area (TPSA) is 95.9 Å². The van der Waals surface area contributed by atoms with Crippen LogP contribution in [0.4, 0.5) is 0 Å². The van der Waals surface area contributed by atoms with Crippen LogP contribution in [-0.2, 0) is 19.1 Å². The maximum atomic E-state index is 11.5. The average Bonchev–Trinajstić information content (AvgIpc) is 2.53. The van der Waals surface area contributed by atoms with Crippen LogP contribution in [0.15, 0.2) is 0 Å². The van der Waals surface area contributed by atoms with Crippen molar-refractivity contribution in [1.82, 2.24) is 10.2 Å². The third-order valence-electron chi connectivity index (χ3n) is 2.70. The van der Waals surface area contributed by atoms with E-state index < -0.39 is 17.6 Å². The molecule has 1 aliphatic rings. The zero-order valence-corrected chi connectivity index (χ0v) is 10.0. The van der Waals surface area contributed by atoms with Crippen LogP contribution < -0.4 is 5.32 Å². The van der Waals surface area contributed by atoms with Crippen LogP contribution in [0.3, 0.4) is 0 Å². The van der Waals surface area contributed by atoms with Gasteiger partial charge in [-0.2, -0.15) is 0 Å². The Bertz CT molecular complexity index is 353. The zero-order chi connectivity index (χ0) is 13.2. The number of likely N-dealkylation sites (tertiary alicyclic amines) is 1. The number of nitrogens with zero attached hydrogens (tertiary/aromatic N) is 1. The van der Waals surface area contributed by atoms with E-state index in [2.05, 4.69) is 10.1 Å². The smallest absolute Gasteiger partial charge is 0.338 e. The van der Waals surface area contributed by atoms with Gasteiger partial charge >= 0.3 is 5.97 Å². The van der Waals surface area contributed by atoms with E-state index in [1.165, 1.54) is 14.0 Å². The fourth-order valence-electron chi connectivity index (χ4n) is 1.53. The molecule has 1 heterocycles. The lowest BCUT2D eigenvalue weighted by molar-refractivity contribution is -0.160. The Hall–Kier alpha value is -1.47. The molecule has 0 saturated carbocycles. The van der Waals surface area contributed by atoms with Crippen LogP contribution >= 0.6 is 0 Å². The molecule has 2 unspecified atom stereocenters. The van der Waals surface area contributed by atoms with E-state index >= 15 is 0 Å². The summed E-state index contributed by atoms with van der Waals surface area (Å²) >= 11 is 0. The lowest BCUT2D eigenvalue weighted by Crippen LogP contribution is -2.50. The molecule has 96 valence electrons. The molecule has 7 nitrogen and oxygen atoms in total. The number of aliphatic hydroxyl groups is 1. The number of hydrogen-bond donors (Lipinski definition) is 2. The highest BCUT2D eigenvalue weighted by Gasteiger charge is 2.38. The van der Waals surface area contributed by atoms with Gasteiger partial charge in [0.2, 0.25) is 11.8 Å². The first-order chi connectivity index (χ1) is 7.79. The lowest BCUT2D eigenvalue weighted by Gasteiger charge is -2.22. The van der Waals surface area contributed by atoms with Gasteiger partial charge in [0.05, 0.1) is 19.6 Å². The maximum absolute atomic E-state index is 11.5. The van der Waals surface area contributed by atoms with Crippen LogP contribution in [-0.4, -0.2) is 60.1 Å². The molecule has 7 heteroatoms. The Kier molecular flexibility index (Phi) is 3.84. The number of carbonyl (C=O) groups is 3. The molecule has 1 aliphatic heterocycles. The quantitative estimate of drug-likeness (QED) is 0.450. The molecule has 1 fully saturated rings. The number of nitrogens with one attached hydrogen (secondary N) is 1. The van der Waals surface area contributed by atoms with E-state index in [1.807, 2.05) is 0 Å². The average molecular weight is 244 g/mol. The molecule has 17 heavy (non-hydrogen) atoms. The second kappa shape index (κ2) is 4.80. The number of rotatable bonds is 4. The Morgan fingerprint density at radius 3 is 2.65 bits per heavy atom. The molecule has 2 amide bonds. The van der Waals surface area contributed by atoms with Gasteiger partial charge in [0.15, 0.2) is 5.60 Å². The van der Waals surface area contributed by atoms with Crippen LogP contribution in [0.5, 0.6) is 0 Å². The summed E-state index contributed by atoms with van der Waals surface area (Å²) in [5, 5.41) is 12.4.